The molecule has 3 heterocycles. The van der Waals surface area contributed by atoms with Gasteiger partial charge in [-0.3, -0.25) is 4.98 Å². The zero-order chi connectivity index (χ0) is 23.6. The Kier molecular flexibility index (Phi) is 4.74. The van der Waals surface area contributed by atoms with E-state index < -0.39 is 0 Å². The van der Waals surface area contributed by atoms with Gasteiger partial charge in [0.1, 0.15) is 23.1 Å². The highest BCUT2D eigenvalue weighted by Crippen LogP contribution is 2.44. The molecular weight excluding hydrogens is 418 g/mol. The first-order chi connectivity index (χ1) is 16.3. The Labute approximate surface area is 200 Å². The molecule has 0 N–H and O–H groups in total. The molecular formula is C31H31NO2. The standard InChI is InChI=1S/C31H31NO2/c1-18(2)14-21-17-24-26(33-21)10-11-27-28(24)23-12-13-32-29(30(23)34-27)20-15-19-8-6-7-9-22(19)25(16-20)31(3,4)5/h6-13,15-16,18,21H,14,17H2,1-5H3. The summed E-state index contributed by atoms with van der Waals surface area (Å²) in [5, 5.41) is 4.82. The number of pyridine rings is 1. The van der Waals surface area contributed by atoms with Gasteiger partial charge in [-0.05, 0) is 64.4 Å². The minimum Gasteiger partial charge on any atom is -0.490 e. The maximum Gasteiger partial charge on any atom is 0.161 e. The topological polar surface area (TPSA) is 35.3 Å². The molecule has 0 saturated heterocycles. The predicted molar refractivity (Wildman–Crippen MR) is 141 cm³/mol. The summed E-state index contributed by atoms with van der Waals surface area (Å²) < 4.78 is 12.8. The first kappa shape index (κ1) is 21.2. The lowest BCUT2D eigenvalue weighted by Gasteiger charge is -2.22. The third-order valence-corrected chi connectivity index (χ3v) is 7.02. The van der Waals surface area contributed by atoms with Crippen LogP contribution >= 0.6 is 0 Å². The van der Waals surface area contributed by atoms with E-state index in [2.05, 4.69) is 89.2 Å². The van der Waals surface area contributed by atoms with E-state index in [-0.39, 0.29) is 11.5 Å². The van der Waals surface area contributed by atoms with Gasteiger partial charge in [-0.1, -0.05) is 58.9 Å². The lowest BCUT2D eigenvalue weighted by molar-refractivity contribution is 0.202. The highest BCUT2D eigenvalue weighted by molar-refractivity contribution is 6.11. The minimum absolute atomic E-state index is 0.0149. The quantitative estimate of drug-likeness (QED) is 0.277. The van der Waals surface area contributed by atoms with Crippen LogP contribution in [0, 0.1) is 5.92 Å². The molecule has 3 aromatic carbocycles. The normalized spacial score (nSPS) is 16.0. The van der Waals surface area contributed by atoms with Crippen LogP contribution in [0.4, 0.5) is 0 Å². The number of rotatable bonds is 3. The number of furan rings is 1. The maximum atomic E-state index is 6.50. The van der Waals surface area contributed by atoms with Crippen LogP contribution < -0.4 is 4.74 Å². The second-order valence-corrected chi connectivity index (χ2v) is 11.1. The summed E-state index contributed by atoms with van der Waals surface area (Å²) in [5.41, 5.74) is 6.37. The number of nitrogens with zero attached hydrogens (tertiary/aromatic N) is 1. The Morgan fingerprint density at radius 1 is 1.00 bits per heavy atom. The number of benzene rings is 3. The first-order valence-electron chi connectivity index (χ1n) is 12.3. The second kappa shape index (κ2) is 7.59. The Morgan fingerprint density at radius 2 is 1.82 bits per heavy atom. The number of aromatic nitrogens is 1. The molecule has 0 amide bonds. The molecule has 2 aromatic heterocycles. The molecule has 0 aliphatic carbocycles. The molecule has 1 aliphatic rings. The summed E-state index contributed by atoms with van der Waals surface area (Å²) in [6, 6.07) is 19.4. The Morgan fingerprint density at radius 3 is 2.62 bits per heavy atom. The Bertz CT molecular complexity index is 1550. The largest absolute Gasteiger partial charge is 0.490 e. The molecule has 3 heteroatoms. The van der Waals surface area contributed by atoms with Gasteiger partial charge in [0.05, 0.1) is 0 Å². The van der Waals surface area contributed by atoms with Crippen molar-refractivity contribution >= 4 is 32.7 Å². The lowest BCUT2D eigenvalue weighted by atomic mass is 9.82. The van der Waals surface area contributed by atoms with Gasteiger partial charge >= 0.3 is 0 Å². The number of hydrogen-bond acceptors (Lipinski definition) is 3. The van der Waals surface area contributed by atoms with Crippen molar-refractivity contribution < 1.29 is 9.15 Å². The molecule has 5 aromatic rings. The van der Waals surface area contributed by atoms with Crippen molar-refractivity contribution in [1.82, 2.24) is 4.98 Å². The monoisotopic (exact) mass is 449 g/mol. The highest BCUT2D eigenvalue weighted by Gasteiger charge is 2.28. The van der Waals surface area contributed by atoms with E-state index in [1.807, 2.05) is 6.20 Å². The van der Waals surface area contributed by atoms with E-state index in [0.717, 1.165) is 46.4 Å². The first-order valence-corrected chi connectivity index (χ1v) is 12.3. The summed E-state index contributed by atoms with van der Waals surface area (Å²) in [7, 11) is 0. The average molecular weight is 450 g/mol. The van der Waals surface area contributed by atoms with Crippen LogP contribution in [0.3, 0.4) is 0 Å². The minimum atomic E-state index is 0.0149. The number of hydrogen-bond donors (Lipinski definition) is 0. The van der Waals surface area contributed by atoms with Gasteiger partial charge in [-0.15, -0.1) is 0 Å². The third-order valence-electron chi connectivity index (χ3n) is 7.02. The summed E-state index contributed by atoms with van der Waals surface area (Å²) in [6.07, 6.45) is 4.15. The van der Waals surface area contributed by atoms with Crippen molar-refractivity contribution in [1.29, 1.82) is 0 Å². The molecule has 6 rings (SSSR count). The molecule has 0 radical (unpaired) electrons. The van der Waals surface area contributed by atoms with Gasteiger partial charge in [-0.2, -0.15) is 0 Å². The van der Waals surface area contributed by atoms with Gasteiger partial charge < -0.3 is 9.15 Å². The van der Waals surface area contributed by atoms with E-state index >= 15 is 0 Å². The van der Waals surface area contributed by atoms with Gasteiger partial charge in [0.25, 0.3) is 0 Å². The highest BCUT2D eigenvalue weighted by atomic mass is 16.5. The van der Waals surface area contributed by atoms with Crippen molar-refractivity contribution in [3.63, 3.8) is 0 Å². The van der Waals surface area contributed by atoms with Crippen LogP contribution in [0.15, 0.2) is 65.2 Å². The van der Waals surface area contributed by atoms with Gasteiger partial charge in [-0.25, -0.2) is 0 Å². The van der Waals surface area contributed by atoms with E-state index in [1.54, 1.807) is 0 Å². The van der Waals surface area contributed by atoms with Crippen LogP contribution in [-0.4, -0.2) is 11.1 Å². The molecule has 1 unspecified atom stereocenters. The number of ether oxygens (including phenoxy) is 1. The Balaban J connectivity index is 1.57. The fourth-order valence-corrected chi connectivity index (χ4v) is 5.54. The van der Waals surface area contributed by atoms with E-state index in [0.29, 0.717) is 5.92 Å². The third kappa shape index (κ3) is 3.37. The van der Waals surface area contributed by atoms with Crippen LogP contribution in [0.5, 0.6) is 5.75 Å². The average Bonchev–Trinajstić information content (AvgIpc) is 3.37. The zero-order valence-electron chi connectivity index (χ0n) is 20.6. The molecule has 34 heavy (non-hydrogen) atoms. The van der Waals surface area contributed by atoms with Crippen LogP contribution in [0.2, 0.25) is 0 Å². The van der Waals surface area contributed by atoms with E-state index in [4.69, 9.17) is 14.1 Å². The van der Waals surface area contributed by atoms with Crippen LogP contribution in [0.1, 0.15) is 52.2 Å². The Hall–Kier alpha value is -3.33. The number of fused-ring (bicyclic) bond motifs is 6. The fourth-order valence-electron chi connectivity index (χ4n) is 5.54. The summed E-state index contributed by atoms with van der Waals surface area (Å²) in [5.74, 6) is 1.61. The molecule has 172 valence electrons. The van der Waals surface area contributed by atoms with Crippen molar-refractivity contribution in [2.45, 2.75) is 59.0 Å². The van der Waals surface area contributed by atoms with Gasteiger partial charge in [0.15, 0.2) is 5.58 Å². The molecule has 0 bridgehead atoms. The van der Waals surface area contributed by atoms with E-state index in [9.17, 15) is 0 Å². The van der Waals surface area contributed by atoms with Gasteiger partial charge in [0, 0.05) is 34.5 Å². The summed E-state index contributed by atoms with van der Waals surface area (Å²) in [4.78, 5) is 4.83. The molecule has 0 saturated carbocycles. The van der Waals surface area contributed by atoms with Crippen molar-refractivity contribution in [3.05, 3.63) is 71.9 Å². The summed E-state index contributed by atoms with van der Waals surface area (Å²) >= 11 is 0. The fraction of sp³-hybridized carbons (Fsp3) is 0.323. The molecule has 0 fully saturated rings. The molecule has 0 spiro atoms. The maximum absolute atomic E-state index is 6.50. The van der Waals surface area contributed by atoms with Crippen LogP contribution in [0.25, 0.3) is 44.0 Å². The molecule has 3 nitrogen and oxygen atoms in total. The smallest absolute Gasteiger partial charge is 0.161 e. The van der Waals surface area contributed by atoms with Crippen molar-refractivity contribution in [3.8, 4) is 17.0 Å². The van der Waals surface area contributed by atoms with Crippen LogP contribution in [-0.2, 0) is 11.8 Å². The second-order valence-electron chi connectivity index (χ2n) is 11.1. The summed E-state index contributed by atoms with van der Waals surface area (Å²) in [6.45, 7) is 11.3. The van der Waals surface area contributed by atoms with Crippen molar-refractivity contribution in [2.24, 2.45) is 5.92 Å². The zero-order valence-corrected chi connectivity index (χ0v) is 20.6. The SMILES string of the molecule is CC(C)CC1Cc2c(ccc3oc4c(-c5cc(C(C)(C)C)c6ccccc6c5)nccc4c23)O1. The van der Waals surface area contributed by atoms with Gasteiger partial charge in [0.2, 0.25) is 0 Å². The van der Waals surface area contributed by atoms with Crippen molar-refractivity contribution in [2.75, 3.05) is 0 Å². The lowest BCUT2D eigenvalue weighted by Crippen LogP contribution is -2.15. The predicted octanol–water partition coefficient (Wildman–Crippen LogP) is 8.45. The molecule has 1 aliphatic heterocycles. The molecule has 1 atom stereocenters. The van der Waals surface area contributed by atoms with E-state index in [1.165, 1.54) is 27.3 Å².